The SMILES string of the molecule is CC#CCn1c(N2CCNCC2)nc2c1C(=O)NC(C)(Sc1nccs1)N2.O=C(O)C(F)(F)F. The van der Waals surface area contributed by atoms with Crippen LogP contribution in [0.5, 0.6) is 0 Å². The lowest BCUT2D eigenvalue weighted by Crippen LogP contribution is -2.53. The molecule has 0 aromatic carbocycles. The molecule has 1 atom stereocenters. The predicted octanol–water partition coefficient (Wildman–Crippen LogP) is 2.03. The average Bonchev–Trinajstić information content (AvgIpc) is 3.39. The van der Waals surface area contributed by atoms with Crippen molar-refractivity contribution in [3.8, 4) is 11.8 Å². The number of thioether (sulfide) groups is 1. The lowest BCUT2D eigenvalue weighted by Gasteiger charge is -2.34. The Morgan fingerprint density at radius 3 is 2.59 bits per heavy atom. The van der Waals surface area contributed by atoms with Gasteiger partial charge in [-0.05, 0) is 25.6 Å². The minimum Gasteiger partial charge on any atom is -0.475 e. The number of carboxylic acids is 1. The molecule has 2 aliphatic heterocycles. The van der Waals surface area contributed by atoms with E-state index in [1.807, 2.05) is 16.9 Å². The van der Waals surface area contributed by atoms with Gasteiger partial charge in [0.05, 0.1) is 6.54 Å². The molecule has 0 aliphatic carbocycles. The number of carbonyl (C=O) groups excluding carboxylic acids is 1. The molecule has 10 nitrogen and oxygen atoms in total. The van der Waals surface area contributed by atoms with Gasteiger partial charge >= 0.3 is 12.1 Å². The highest BCUT2D eigenvalue weighted by Gasteiger charge is 2.40. The molecular formula is C19H22F3N7O3S2. The molecule has 2 aromatic rings. The summed E-state index contributed by atoms with van der Waals surface area (Å²) in [4.78, 5) is 32.5. The first-order valence-electron chi connectivity index (χ1n) is 9.99. The molecule has 4 heterocycles. The maximum Gasteiger partial charge on any atom is 0.490 e. The molecule has 15 heteroatoms. The summed E-state index contributed by atoms with van der Waals surface area (Å²) in [5.41, 5.74) is 0.531. The van der Waals surface area contributed by atoms with Crippen molar-refractivity contribution in [1.29, 1.82) is 0 Å². The first-order valence-corrected chi connectivity index (χ1v) is 11.7. The Bertz CT molecular complexity index is 1090. The molecule has 0 radical (unpaired) electrons. The van der Waals surface area contributed by atoms with E-state index in [-0.39, 0.29) is 5.91 Å². The van der Waals surface area contributed by atoms with Crippen LogP contribution >= 0.6 is 23.1 Å². The molecule has 1 amide bonds. The number of alkyl halides is 3. The summed E-state index contributed by atoms with van der Waals surface area (Å²) in [6.07, 6.45) is -3.33. The molecule has 2 aromatic heterocycles. The number of nitrogens with zero attached hydrogens (tertiary/aromatic N) is 4. The Morgan fingerprint density at radius 1 is 1.35 bits per heavy atom. The monoisotopic (exact) mass is 517 g/mol. The average molecular weight is 518 g/mol. The van der Waals surface area contributed by atoms with E-state index in [1.165, 1.54) is 11.8 Å². The fraction of sp³-hybridized carbons (Fsp3) is 0.474. The largest absolute Gasteiger partial charge is 0.490 e. The van der Waals surface area contributed by atoms with E-state index in [9.17, 15) is 18.0 Å². The molecule has 0 bridgehead atoms. The van der Waals surface area contributed by atoms with Crippen LogP contribution in [0.25, 0.3) is 0 Å². The normalized spacial score (nSPS) is 19.6. The number of hydrogen-bond donors (Lipinski definition) is 4. The maximum absolute atomic E-state index is 13.0. The van der Waals surface area contributed by atoms with Crippen molar-refractivity contribution < 1.29 is 27.9 Å². The van der Waals surface area contributed by atoms with Gasteiger partial charge in [-0.15, -0.1) is 17.3 Å². The number of anilines is 2. The number of nitrogens with one attached hydrogen (secondary N) is 3. The minimum absolute atomic E-state index is 0.151. The van der Waals surface area contributed by atoms with E-state index in [0.717, 1.165) is 36.5 Å². The Morgan fingerprint density at radius 2 is 2.03 bits per heavy atom. The van der Waals surface area contributed by atoms with Gasteiger partial charge in [-0.1, -0.05) is 5.92 Å². The van der Waals surface area contributed by atoms with Gasteiger partial charge in [0, 0.05) is 37.8 Å². The summed E-state index contributed by atoms with van der Waals surface area (Å²) in [5.74, 6) is 4.45. The van der Waals surface area contributed by atoms with E-state index in [2.05, 4.69) is 37.7 Å². The number of imidazole rings is 1. The van der Waals surface area contributed by atoms with Crippen LogP contribution in [0.2, 0.25) is 0 Å². The molecule has 0 saturated carbocycles. The second kappa shape index (κ2) is 10.5. The highest BCUT2D eigenvalue weighted by Crippen LogP contribution is 2.38. The van der Waals surface area contributed by atoms with Gasteiger partial charge in [-0.3, -0.25) is 9.36 Å². The zero-order valence-electron chi connectivity index (χ0n) is 18.2. The third-order valence-corrected chi connectivity index (χ3v) is 6.62. The van der Waals surface area contributed by atoms with Gasteiger partial charge in [0.2, 0.25) is 5.95 Å². The molecule has 4 rings (SSSR count). The van der Waals surface area contributed by atoms with Gasteiger partial charge < -0.3 is 26.0 Å². The number of fused-ring (bicyclic) bond motifs is 1. The van der Waals surface area contributed by atoms with Crippen LogP contribution in [0.1, 0.15) is 24.3 Å². The highest BCUT2D eigenvalue weighted by atomic mass is 32.2. The van der Waals surface area contributed by atoms with Gasteiger partial charge in [0.1, 0.15) is 0 Å². The number of aliphatic carboxylic acids is 1. The summed E-state index contributed by atoms with van der Waals surface area (Å²) in [7, 11) is 0. The number of hydrogen-bond acceptors (Lipinski definition) is 9. The molecule has 184 valence electrons. The summed E-state index contributed by atoms with van der Waals surface area (Å²) < 4.78 is 34.5. The summed E-state index contributed by atoms with van der Waals surface area (Å²) >= 11 is 3.01. The van der Waals surface area contributed by atoms with Crippen molar-refractivity contribution >= 4 is 46.7 Å². The molecule has 0 spiro atoms. The Hall–Kier alpha value is -2.96. The van der Waals surface area contributed by atoms with E-state index in [0.29, 0.717) is 18.1 Å². The van der Waals surface area contributed by atoms with Crippen LogP contribution in [0, 0.1) is 11.8 Å². The van der Waals surface area contributed by atoms with Crippen LogP contribution in [0.15, 0.2) is 15.9 Å². The summed E-state index contributed by atoms with van der Waals surface area (Å²) in [6.45, 7) is 7.65. The van der Waals surface area contributed by atoms with Crippen LogP contribution in [0.4, 0.5) is 24.9 Å². The number of aromatic nitrogens is 3. The number of thiazole rings is 1. The number of carbonyl (C=O) groups is 2. The van der Waals surface area contributed by atoms with Crippen molar-refractivity contribution in [3.05, 3.63) is 17.3 Å². The quantitative estimate of drug-likeness (QED) is 0.451. The zero-order chi connectivity index (χ0) is 24.9. The van der Waals surface area contributed by atoms with Gasteiger partial charge in [0.15, 0.2) is 20.8 Å². The molecule has 1 fully saturated rings. The summed E-state index contributed by atoms with van der Waals surface area (Å²) in [5, 5.41) is 18.8. The van der Waals surface area contributed by atoms with Crippen molar-refractivity contribution in [1.82, 2.24) is 25.2 Å². The van der Waals surface area contributed by atoms with E-state index in [4.69, 9.17) is 14.9 Å². The predicted molar refractivity (Wildman–Crippen MR) is 122 cm³/mol. The van der Waals surface area contributed by atoms with E-state index < -0.39 is 17.1 Å². The Balaban J connectivity index is 0.000000406. The number of piperazine rings is 1. The molecule has 1 saturated heterocycles. The number of rotatable bonds is 4. The molecule has 4 N–H and O–H groups in total. The first-order chi connectivity index (χ1) is 16.0. The fourth-order valence-corrected chi connectivity index (χ4v) is 5.17. The van der Waals surface area contributed by atoms with Crippen LogP contribution in [-0.2, 0) is 11.3 Å². The smallest absolute Gasteiger partial charge is 0.475 e. The number of amides is 1. The third-order valence-electron chi connectivity index (χ3n) is 4.63. The number of carboxylic acid groups (broad SMARTS) is 1. The molecule has 1 unspecified atom stereocenters. The van der Waals surface area contributed by atoms with Crippen molar-refractivity contribution in [2.45, 2.75) is 35.9 Å². The summed E-state index contributed by atoms with van der Waals surface area (Å²) in [6, 6.07) is 0. The highest BCUT2D eigenvalue weighted by molar-refractivity contribution is 8.02. The Kier molecular flexibility index (Phi) is 7.95. The lowest BCUT2D eigenvalue weighted by molar-refractivity contribution is -0.192. The van der Waals surface area contributed by atoms with Crippen LogP contribution < -0.4 is 20.9 Å². The molecular weight excluding hydrogens is 495 g/mol. The van der Waals surface area contributed by atoms with Gasteiger partial charge in [0.25, 0.3) is 5.91 Å². The maximum atomic E-state index is 13.0. The standard InChI is InChI=1S/C17H21N7OS2.C2HF3O2/c1-3-4-8-24-12-13(20-15(24)23-9-5-18-6-10-23)21-17(2,22-14(12)25)27-16-19-7-11-26-16;3-2(4,5)1(6)7/h7,11,18,21H,5-6,8-10H2,1-2H3,(H,22,25);(H,6,7). The minimum atomic E-state index is -5.08. The van der Waals surface area contributed by atoms with Crippen LogP contribution in [0.3, 0.4) is 0 Å². The second-order valence-electron chi connectivity index (χ2n) is 7.17. The van der Waals surface area contributed by atoms with Crippen molar-refractivity contribution in [2.24, 2.45) is 0 Å². The van der Waals surface area contributed by atoms with Gasteiger partial charge in [-0.25, -0.2) is 9.78 Å². The first kappa shape index (κ1) is 25.7. The topological polar surface area (TPSA) is 124 Å². The Labute approximate surface area is 201 Å². The van der Waals surface area contributed by atoms with Crippen molar-refractivity contribution in [3.63, 3.8) is 0 Å². The van der Waals surface area contributed by atoms with E-state index >= 15 is 0 Å². The fourth-order valence-electron chi connectivity index (χ4n) is 3.19. The van der Waals surface area contributed by atoms with Crippen molar-refractivity contribution in [2.75, 3.05) is 36.4 Å². The number of halogens is 3. The van der Waals surface area contributed by atoms with E-state index in [1.54, 1.807) is 24.5 Å². The van der Waals surface area contributed by atoms with Crippen LogP contribution in [-0.4, -0.2) is 68.9 Å². The molecule has 2 aliphatic rings. The lowest BCUT2D eigenvalue weighted by atomic mass is 10.3. The molecule has 34 heavy (non-hydrogen) atoms. The second-order valence-corrected chi connectivity index (χ2v) is 9.73. The third kappa shape index (κ3) is 6.13. The zero-order valence-corrected chi connectivity index (χ0v) is 19.8. The van der Waals surface area contributed by atoms with Gasteiger partial charge in [-0.2, -0.15) is 18.2 Å².